The lowest BCUT2D eigenvalue weighted by atomic mass is 10.0. The second kappa shape index (κ2) is 5.22. The van der Waals surface area contributed by atoms with Crippen LogP contribution in [0.2, 0.25) is 0 Å². The van der Waals surface area contributed by atoms with Crippen LogP contribution in [0.15, 0.2) is 41.3 Å². The molecule has 2 N–H and O–H groups in total. The fourth-order valence-electron chi connectivity index (χ4n) is 2.86. The van der Waals surface area contributed by atoms with Crippen LogP contribution in [0, 0.1) is 5.41 Å². The van der Waals surface area contributed by atoms with Crippen LogP contribution in [0.4, 0.5) is 5.95 Å². The molecular weight excluding hydrogens is 290 g/mol. The Labute approximate surface area is 133 Å². The van der Waals surface area contributed by atoms with Gasteiger partial charge >= 0.3 is 0 Å². The van der Waals surface area contributed by atoms with Gasteiger partial charge in [-0.2, -0.15) is 10.1 Å². The molecule has 0 aliphatic heterocycles. The van der Waals surface area contributed by atoms with Gasteiger partial charge in [0.15, 0.2) is 5.65 Å². The summed E-state index contributed by atoms with van der Waals surface area (Å²) in [5.41, 5.74) is 1.68. The van der Waals surface area contributed by atoms with E-state index in [9.17, 15) is 4.79 Å². The van der Waals surface area contributed by atoms with Gasteiger partial charge in [0.25, 0.3) is 5.56 Å². The number of nitrogens with zero attached hydrogens (tertiary/aromatic N) is 3. The van der Waals surface area contributed by atoms with Gasteiger partial charge in [0, 0.05) is 6.54 Å². The van der Waals surface area contributed by atoms with Crippen molar-refractivity contribution in [2.45, 2.75) is 26.2 Å². The summed E-state index contributed by atoms with van der Waals surface area (Å²) in [5, 5.41) is 8.10. The number of anilines is 1. The van der Waals surface area contributed by atoms with Crippen molar-refractivity contribution in [3.8, 4) is 5.69 Å². The van der Waals surface area contributed by atoms with Gasteiger partial charge in [-0.1, -0.05) is 25.1 Å². The molecule has 0 bridgehead atoms. The first kappa shape index (κ1) is 14.0. The topological polar surface area (TPSA) is 75.6 Å². The highest BCUT2D eigenvalue weighted by molar-refractivity contribution is 5.76. The molecular formula is C17H19N5O. The van der Waals surface area contributed by atoms with Crippen LogP contribution in [-0.2, 0) is 0 Å². The lowest BCUT2D eigenvalue weighted by Gasteiger charge is -2.13. The van der Waals surface area contributed by atoms with Gasteiger partial charge in [-0.05, 0) is 36.8 Å². The number of fused-ring (bicyclic) bond motifs is 1. The fourth-order valence-corrected chi connectivity index (χ4v) is 2.86. The van der Waals surface area contributed by atoms with E-state index in [1.807, 2.05) is 30.3 Å². The smallest absolute Gasteiger partial charge is 0.263 e. The Balaban J connectivity index is 1.72. The number of H-pyrrole nitrogens is 1. The first-order chi connectivity index (χ1) is 11.2. The van der Waals surface area contributed by atoms with E-state index in [2.05, 4.69) is 27.3 Å². The molecule has 0 amide bonds. The SMILES string of the molecule is CCC1(CNc2nc3c(cnn3-c3ccccc3)c(=O)[nH]2)CC1. The average Bonchev–Trinajstić information content (AvgIpc) is 3.24. The van der Waals surface area contributed by atoms with Crippen LogP contribution in [0.3, 0.4) is 0 Å². The second-order valence-corrected chi connectivity index (χ2v) is 6.25. The summed E-state index contributed by atoms with van der Waals surface area (Å²) >= 11 is 0. The summed E-state index contributed by atoms with van der Waals surface area (Å²) < 4.78 is 1.70. The van der Waals surface area contributed by atoms with E-state index in [-0.39, 0.29) is 5.56 Å². The Bertz CT molecular complexity index is 892. The number of hydrogen-bond donors (Lipinski definition) is 2. The molecule has 1 aromatic carbocycles. The predicted octanol–water partition coefficient (Wildman–Crippen LogP) is 2.71. The van der Waals surface area contributed by atoms with Crippen molar-refractivity contribution in [2.24, 2.45) is 5.41 Å². The van der Waals surface area contributed by atoms with Crippen molar-refractivity contribution in [1.29, 1.82) is 0 Å². The minimum atomic E-state index is -0.166. The van der Waals surface area contributed by atoms with E-state index in [1.54, 1.807) is 10.9 Å². The lowest BCUT2D eigenvalue weighted by Crippen LogP contribution is -2.19. The molecule has 4 rings (SSSR count). The molecule has 0 saturated heterocycles. The third-order valence-electron chi connectivity index (χ3n) is 4.78. The number of hydrogen-bond acceptors (Lipinski definition) is 4. The minimum Gasteiger partial charge on any atom is -0.355 e. The monoisotopic (exact) mass is 309 g/mol. The maximum absolute atomic E-state index is 12.3. The molecule has 0 unspecified atom stereocenters. The number of nitrogens with one attached hydrogen (secondary N) is 2. The molecule has 3 aromatic rings. The molecule has 1 saturated carbocycles. The lowest BCUT2D eigenvalue weighted by molar-refractivity contribution is 0.520. The van der Waals surface area contributed by atoms with Gasteiger partial charge in [0.2, 0.25) is 5.95 Å². The van der Waals surface area contributed by atoms with Crippen molar-refractivity contribution in [3.63, 3.8) is 0 Å². The predicted molar refractivity (Wildman–Crippen MR) is 89.9 cm³/mol. The third kappa shape index (κ3) is 2.50. The number of rotatable bonds is 5. The number of para-hydroxylation sites is 1. The Morgan fingerprint density at radius 1 is 1.30 bits per heavy atom. The van der Waals surface area contributed by atoms with Crippen LogP contribution in [0.1, 0.15) is 26.2 Å². The second-order valence-electron chi connectivity index (χ2n) is 6.25. The average molecular weight is 309 g/mol. The van der Waals surface area contributed by atoms with Gasteiger partial charge in [0.1, 0.15) is 5.39 Å². The molecule has 6 heteroatoms. The van der Waals surface area contributed by atoms with E-state index in [4.69, 9.17) is 0 Å². The van der Waals surface area contributed by atoms with Crippen molar-refractivity contribution >= 4 is 17.0 Å². The summed E-state index contributed by atoms with van der Waals surface area (Å²) in [5.74, 6) is 0.514. The summed E-state index contributed by atoms with van der Waals surface area (Å²) in [6.07, 6.45) is 5.19. The van der Waals surface area contributed by atoms with Crippen LogP contribution in [0.5, 0.6) is 0 Å². The Kier molecular flexibility index (Phi) is 3.18. The Morgan fingerprint density at radius 3 is 2.78 bits per heavy atom. The number of aromatic amines is 1. The fraction of sp³-hybridized carbons (Fsp3) is 0.353. The molecule has 1 aliphatic carbocycles. The van der Waals surface area contributed by atoms with E-state index >= 15 is 0 Å². The maximum Gasteiger partial charge on any atom is 0.263 e. The summed E-state index contributed by atoms with van der Waals surface area (Å²) in [6, 6.07) is 9.71. The van der Waals surface area contributed by atoms with Crippen LogP contribution in [0.25, 0.3) is 16.7 Å². The number of aromatic nitrogens is 4. The van der Waals surface area contributed by atoms with Crippen molar-refractivity contribution < 1.29 is 0 Å². The van der Waals surface area contributed by atoms with Crippen LogP contribution >= 0.6 is 0 Å². The molecule has 2 heterocycles. The van der Waals surface area contributed by atoms with Crippen LogP contribution in [-0.4, -0.2) is 26.3 Å². The summed E-state index contributed by atoms with van der Waals surface area (Å²) in [7, 11) is 0. The zero-order valence-electron chi connectivity index (χ0n) is 13.0. The molecule has 0 spiro atoms. The first-order valence-electron chi connectivity index (χ1n) is 7.98. The third-order valence-corrected chi connectivity index (χ3v) is 4.78. The molecule has 0 radical (unpaired) electrons. The molecule has 1 aliphatic rings. The molecule has 0 atom stereocenters. The molecule has 6 nitrogen and oxygen atoms in total. The van der Waals surface area contributed by atoms with Gasteiger partial charge in [-0.15, -0.1) is 0 Å². The highest BCUT2D eigenvalue weighted by Crippen LogP contribution is 2.48. The highest BCUT2D eigenvalue weighted by Gasteiger charge is 2.40. The summed E-state index contributed by atoms with van der Waals surface area (Å²) in [6.45, 7) is 3.05. The van der Waals surface area contributed by atoms with Gasteiger partial charge < -0.3 is 5.32 Å². The minimum absolute atomic E-state index is 0.166. The van der Waals surface area contributed by atoms with Crippen LogP contribution < -0.4 is 10.9 Å². The maximum atomic E-state index is 12.3. The van der Waals surface area contributed by atoms with E-state index in [0.717, 1.165) is 18.7 Å². The molecule has 2 aromatic heterocycles. The highest BCUT2D eigenvalue weighted by atomic mass is 16.1. The summed E-state index contributed by atoms with van der Waals surface area (Å²) in [4.78, 5) is 19.6. The van der Waals surface area contributed by atoms with Gasteiger partial charge in [-0.25, -0.2) is 4.68 Å². The standard InChI is InChI=1S/C17H19N5O/c1-2-17(8-9-17)11-18-16-20-14-13(15(23)21-16)10-19-22(14)12-6-4-3-5-7-12/h3-7,10H,2,8-9,11H2,1H3,(H2,18,20,21,23). The number of benzene rings is 1. The first-order valence-corrected chi connectivity index (χ1v) is 7.98. The molecule has 23 heavy (non-hydrogen) atoms. The zero-order valence-corrected chi connectivity index (χ0v) is 13.0. The van der Waals surface area contributed by atoms with Crippen molar-refractivity contribution in [3.05, 3.63) is 46.9 Å². The molecule has 118 valence electrons. The van der Waals surface area contributed by atoms with Gasteiger partial charge in [0.05, 0.1) is 11.9 Å². The normalized spacial score (nSPS) is 15.7. The quantitative estimate of drug-likeness (QED) is 0.760. The largest absolute Gasteiger partial charge is 0.355 e. The Hall–Kier alpha value is -2.63. The van der Waals surface area contributed by atoms with E-state index in [0.29, 0.717) is 22.4 Å². The zero-order chi connectivity index (χ0) is 15.9. The molecule has 1 fully saturated rings. The van der Waals surface area contributed by atoms with Gasteiger partial charge in [-0.3, -0.25) is 9.78 Å². The van der Waals surface area contributed by atoms with E-state index in [1.165, 1.54) is 12.8 Å². The Morgan fingerprint density at radius 2 is 2.09 bits per heavy atom. The van der Waals surface area contributed by atoms with Crippen molar-refractivity contribution in [2.75, 3.05) is 11.9 Å². The van der Waals surface area contributed by atoms with Crippen molar-refractivity contribution in [1.82, 2.24) is 19.7 Å². The van der Waals surface area contributed by atoms with E-state index < -0.39 is 0 Å².